The Balaban J connectivity index is 2.19. The molecule has 100 valence electrons. The summed E-state index contributed by atoms with van der Waals surface area (Å²) in [5.74, 6) is -0.965. The van der Waals surface area contributed by atoms with Crippen molar-refractivity contribution in [2.24, 2.45) is 0 Å². The number of halogens is 5. The lowest BCUT2D eigenvalue weighted by Gasteiger charge is -2.11. The Morgan fingerprint density at radius 1 is 0.947 bits per heavy atom. The van der Waals surface area contributed by atoms with Crippen LogP contribution in [0.15, 0.2) is 30.3 Å². The molecule has 0 bridgehead atoms. The second-order valence-electron chi connectivity index (χ2n) is 3.83. The highest BCUT2D eigenvalue weighted by Gasteiger charge is 2.09. The van der Waals surface area contributed by atoms with E-state index in [0.29, 0.717) is 16.3 Å². The fraction of sp³-hybridized carbons (Fsp3) is 0.0769. The standard InChI is InChI=1S/C13H8Cl3F2N/c14-8-2-1-7(12(18)3-8)6-19-13-10(15)4-9(17)5-11(13)16/h1-5,19H,6H2. The van der Waals surface area contributed by atoms with Gasteiger partial charge in [0.2, 0.25) is 0 Å². The molecule has 0 atom stereocenters. The molecule has 1 nitrogen and oxygen atoms in total. The number of nitrogens with one attached hydrogen (secondary N) is 1. The van der Waals surface area contributed by atoms with Gasteiger partial charge in [0.15, 0.2) is 0 Å². The maximum Gasteiger partial charge on any atom is 0.129 e. The van der Waals surface area contributed by atoms with Crippen LogP contribution in [-0.2, 0) is 6.54 Å². The first-order chi connectivity index (χ1) is 8.97. The predicted octanol–water partition coefficient (Wildman–Crippen LogP) is 5.54. The number of hydrogen-bond acceptors (Lipinski definition) is 1. The van der Waals surface area contributed by atoms with Crippen molar-refractivity contribution in [1.82, 2.24) is 0 Å². The molecule has 0 saturated heterocycles. The maximum atomic E-state index is 13.6. The van der Waals surface area contributed by atoms with Gasteiger partial charge in [0.25, 0.3) is 0 Å². The number of anilines is 1. The Morgan fingerprint density at radius 2 is 1.58 bits per heavy atom. The quantitative estimate of drug-likeness (QED) is 0.782. The molecule has 0 saturated carbocycles. The van der Waals surface area contributed by atoms with E-state index in [1.165, 1.54) is 6.07 Å². The fourth-order valence-corrected chi connectivity index (χ4v) is 2.31. The van der Waals surface area contributed by atoms with Gasteiger partial charge in [-0.2, -0.15) is 0 Å². The van der Waals surface area contributed by atoms with E-state index < -0.39 is 11.6 Å². The van der Waals surface area contributed by atoms with Gasteiger partial charge in [-0.15, -0.1) is 0 Å². The summed E-state index contributed by atoms with van der Waals surface area (Å²) in [5, 5.41) is 3.47. The third-order valence-corrected chi connectivity index (χ3v) is 3.31. The van der Waals surface area contributed by atoms with Crippen LogP contribution in [0.2, 0.25) is 15.1 Å². The van der Waals surface area contributed by atoms with Gasteiger partial charge in [-0.05, 0) is 24.3 Å². The molecule has 0 heterocycles. The summed E-state index contributed by atoms with van der Waals surface area (Å²) >= 11 is 17.4. The summed E-state index contributed by atoms with van der Waals surface area (Å²) < 4.78 is 26.6. The highest BCUT2D eigenvalue weighted by molar-refractivity contribution is 6.39. The van der Waals surface area contributed by atoms with Crippen molar-refractivity contribution in [3.8, 4) is 0 Å². The Kier molecular flexibility index (Phi) is 4.50. The monoisotopic (exact) mass is 321 g/mol. The van der Waals surface area contributed by atoms with Gasteiger partial charge in [0.05, 0.1) is 15.7 Å². The summed E-state index contributed by atoms with van der Waals surface area (Å²) in [6.07, 6.45) is 0. The van der Waals surface area contributed by atoms with E-state index in [0.717, 1.165) is 12.1 Å². The number of hydrogen-bond donors (Lipinski definition) is 1. The lowest BCUT2D eigenvalue weighted by molar-refractivity contribution is 0.613. The van der Waals surface area contributed by atoms with Crippen molar-refractivity contribution < 1.29 is 8.78 Å². The lowest BCUT2D eigenvalue weighted by atomic mass is 10.2. The van der Waals surface area contributed by atoms with E-state index in [1.807, 2.05) is 0 Å². The second kappa shape index (κ2) is 5.95. The average Bonchev–Trinajstić information content (AvgIpc) is 2.30. The van der Waals surface area contributed by atoms with Crippen molar-refractivity contribution in [1.29, 1.82) is 0 Å². The first-order valence-corrected chi connectivity index (χ1v) is 6.43. The van der Waals surface area contributed by atoms with Crippen molar-refractivity contribution >= 4 is 40.5 Å². The van der Waals surface area contributed by atoms with Crippen molar-refractivity contribution in [2.45, 2.75) is 6.54 Å². The van der Waals surface area contributed by atoms with Gasteiger partial charge in [0, 0.05) is 17.1 Å². The lowest BCUT2D eigenvalue weighted by Crippen LogP contribution is -2.03. The SMILES string of the molecule is Fc1cc(Cl)c(NCc2ccc(Cl)cc2F)c(Cl)c1. The zero-order chi connectivity index (χ0) is 14.0. The summed E-state index contributed by atoms with van der Waals surface area (Å²) in [6.45, 7) is 0.161. The van der Waals surface area contributed by atoms with E-state index in [4.69, 9.17) is 34.8 Å². The average molecular weight is 323 g/mol. The van der Waals surface area contributed by atoms with Gasteiger partial charge in [0.1, 0.15) is 11.6 Å². The first-order valence-electron chi connectivity index (χ1n) is 5.29. The second-order valence-corrected chi connectivity index (χ2v) is 5.08. The number of rotatable bonds is 3. The molecule has 1 N–H and O–H groups in total. The smallest absolute Gasteiger partial charge is 0.129 e. The molecular weight excluding hydrogens is 315 g/mol. The fourth-order valence-electron chi connectivity index (χ4n) is 1.56. The van der Waals surface area contributed by atoms with Gasteiger partial charge in [-0.25, -0.2) is 8.78 Å². The molecule has 0 spiro atoms. The minimum absolute atomic E-state index is 0.138. The molecule has 2 aromatic carbocycles. The maximum absolute atomic E-state index is 13.6. The molecule has 0 aliphatic heterocycles. The Morgan fingerprint density at radius 3 is 2.16 bits per heavy atom. The minimum Gasteiger partial charge on any atom is -0.378 e. The molecule has 0 fully saturated rings. The summed E-state index contributed by atoms with van der Waals surface area (Å²) in [5.41, 5.74) is 0.764. The van der Waals surface area contributed by atoms with Crippen LogP contribution in [0.4, 0.5) is 14.5 Å². The molecular formula is C13H8Cl3F2N. The zero-order valence-electron chi connectivity index (χ0n) is 9.48. The Hall–Kier alpha value is -1.03. The van der Waals surface area contributed by atoms with Crippen LogP contribution in [0.1, 0.15) is 5.56 Å². The van der Waals surface area contributed by atoms with Crippen molar-refractivity contribution in [3.05, 3.63) is 62.6 Å². The molecule has 2 rings (SSSR count). The van der Waals surface area contributed by atoms with E-state index >= 15 is 0 Å². The third-order valence-electron chi connectivity index (χ3n) is 2.48. The van der Waals surface area contributed by atoms with E-state index in [-0.39, 0.29) is 16.6 Å². The largest absolute Gasteiger partial charge is 0.378 e. The predicted molar refractivity (Wildman–Crippen MR) is 75.2 cm³/mol. The van der Waals surface area contributed by atoms with E-state index in [1.54, 1.807) is 12.1 Å². The molecule has 19 heavy (non-hydrogen) atoms. The van der Waals surface area contributed by atoms with Gasteiger partial charge >= 0.3 is 0 Å². The summed E-state index contributed by atoms with van der Waals surface area (Å²) in [7, 11) is 0. The van der Waals surface area contributed by atoms with Crippen LogP contribution >= 0.6 is 34.8 Å². The highest BCUT2D eigenvalue weighted by Crippen LogP contribution is 2.31. The zero-order valence-corrected chi connectivity index (χ0v) is 11.8. The van der Waals surface area contributed by atoms with Crippen LogP contribution in [0.3, 0.4) is 0 Å². The molecule has 0 unspecified atom stereocenters. The summed E-state index contributed by atoms with van der Waals surface area (Å²) in [4.78, 5) is 0. The molecule has 2 aromatic rings. The molecule has 0 amide bonds. The molecule has 0 aliphatic carbocycles. The molecule has 0 aliphatic rings. The van der Waals surface area contributed by atoms with Crippen LogP contribution in [-0.4, -0.2) is 0 Å². The molecule has 6 heteroatoms. The minimum atomic E-state index is -0.529. The van der Waals surface area contributed by atoms with Gasteiger partial charge in [-0.1, -0.05) is 40.9 Å². The normalized spacial score (nSPS) is 10.6. The third kappa shape index (κ3) is 3.50. The summed E-state index contributed by atoms with van der Waals surface area (Å²) in [6, 6.07) is 6.61. The van der Waals surface area contributed by atoms with Crippen LogP contribution in [0.25, 0.3) is 0 Å². The van der Waals surface area contributed by atoms with Crippen LogP contribution in [0.5, 0.6) is 0 Å². The van der Waals surface area contributed by atoms with Crippen LogP contribution < -0.4 is 5.32 Å². The van der Waals surface area contributed by atoms with Gasteiger partial charge < -0.3 is 5.32 Å². The van der Waals surface area contributed by atoms with E-state index in [9.17, 15) is 8.78 Å². The first kappa shape index (κ1) is 14.4. The van der Waals surface area contributed by atoms with Crippen molar-refractivity contribution in [2.75, 3.05) is 5.32 Å². The highest BCUT2D eigenvalue weighted by atomic mass is 35.5. The van der Waals surface area contributed by atoms with Crippen molar-refractivity contribution in [3.63, 3.8) is 0 Å². The Labute approximate surface area is 124 Å². The molecule has 0 radical (unpaired) electrons. The van der Waals surface area contributed by atoms with Crippen LogP contribution in [0, 0.1) is 11.6 Å². The topological polar surface area (TPSA) is 12.0 Å². The number of benzene rings is 2. The van der Waals surface area contributed by atoms with Gasteiger partial charge in [-0.3, -0.25) is 0 Å². The Bertz CT molecular complexity index is 594. The molecule has 0 aromatic heterocycles. The van der Waals surface area contributed by atoms with E-state index in [2.05, 4.69) is 5.32 Å².